The number of nitrogens with zero attached hydrogens (tertiary/aromatic N) is 2. The molecule has 20 heavy (non-hydrogen) atoms. The number of methoxy groups -OCH3 is 2. The van der Waals surface area contributed by atoms with Gasteiger partial charge in [-0.25, -0.2) is 9.97 Å². The van der Waals surface area contributed by atoms with E-state index in [9.17, 15) is 0 Å². The van der Waals surface area contributed by atoms with Crippen molar-refractivity contribution in [1.82, 2.24) is 9.97 Å². The number of aromatic nitrogens is 2. The minimum absolute atomic E-state index is 0.644. The Hall–Kier alpha value is -1.95. The fourth-order valence-corrected chi connectivity index (χ4v) is 2.69. The fourth-order valence-electron chi connectivity index (χ4n) is 1.71. The Morgan fingerprint density at radius 3 is 2.65 bits per heavy atom. The van der Waals surface area contributed by atoms with Gasteiger partial charge in [-0.3, -0.25) is 0 Å². The van der Waals surface area contributed by atoms with Gasteiger partial charge in [0.2, 0.25) is 0 Å². The van der Waals surface area contributed by atoms with Gasteiger partial charge in [0, 0.05) is 6.54 Å². The number of benzene rings is 1. The van der Waals surface area contributed by atoms with Gasteiger partial charge in [-0.2, -0.15) is 0 Å². The highest BCUT2D eigenvalue weighted by molar-refractivity contribution is 7.99. The van der Waals surface area contributed by atoms with E-state index in [4.69, 9.17) is 9.47 Å². The van der Waals surface area contributed by atoms with Crippen LogP contribution in [0.4, 0.5) is 5.82 Å². The van der Waals surface area contributed by atoms with E-state index in [1.807, 2.05) is 31.2 Å². The second-order valence-electron chi connectivity index (χ2n) is 3.84. The molecule has 2 rings (SSSR count). The normalized spacial score (nSPS) is 10.2. The molecule has 0 spiro atoms. The zero-order chi connectivity index (χ0) is 14.4. The third-order valence-corrected chi connectivity index (χ3v) is 3.64. The van der Waals surface area contributed by atoms with Crippen molar-refractivity contribution in [2.75, 3.05) is 26.1 Å². The van der Waals surface area contributed by atoms with Crippen LogP contribution < -0.4 is 14.8 Å². The molecule has 0 saturated carbocycles. The molecule has 1 aromatic carbocycles. The molecule has 0 atom stereocenters. The first-order valence-electron chi connectivity index (χ1n) is 6.23. The summed E-state index contributed by atoms with van der Waals surface area (Å²) >= 11 is 1.49. The highest BCUT2D eigenvalue weighted by Gasteiger charge is 2.14. The lowest BCUT2D eigenvalue weighted by atomic mass is 10.3. The number of rotatable bonds is 6. The summed E-state index contributed by atoms with van der Waals surface area (Å²) in [5.41, 5.74) is 0. The van der Waals surface area contributed by atoms with Crippen LogP contribution in [0.1, 0.15) is 6.92 Å². The Bertz CT molecular complexity index is 578. The maximum atomic E-state index is 5.43. The molecule has 106 valence electrons. The first kappa shape index (κ1) is 14.5. The highest BCUT2D eigenvalue weighted by Crippen LogP contribution is 2.40. The van der Waals surface area contributed by atoms with Crippen LogP contribution in [0.25, 0.3) is 0 Å². The van der Waals surface area contributed by atoms with Gasteiger partial charge in [0.15, 0.2) is 11.6 Å². The standard InChI is InChI=1S/C14H17N3O2S/c1-4-15-13-12(19-3)14(17-9-16-13)20-11-8-6-5-7-10(11)18-2/h5-9H,4H2,1-3H3,(H,15,16,17). The van der Waals surface area contributed by atoms with Gasteiger partial charge in [-0.15, -0.1) is 0 Å². The van der Waals surface area contributed by atoms with E-state index in [2.05, 4.69) is 15.3 Å². The van der Waals surface area contributed by atoms with E-state index in [-0.39, 0.29) is 0 Å². The SMILES string of the molecule is CCNc1ncnc(Sc2ccccc2OC)c1OC. The smallest absolute Gasteiger partial charge is 0.194 e. The molecule has 1 aromatic heterocycles. The zero-order valence-corrected chi connectivity index (χ0v) is 12.5. The number of anilines is 1. The predicted octanol–water partition coefficient (Wildman–Crippen LogP) is 3.08. The number of hydrogen-bond acceptors (Lipinski definition) is 6. The molecule has 5 nitrogen and oxygen atoms in total. The maximum absolute atomic E-state index is 5.43. The monoisotopic (exact) mass is 291 g/mol. The van der Waals surface area contributed by atoms with E-state index < -0.39 is 0 Å². The molecule has 0 aliphatic rings. The van der Waals surface area contributed by atoms with E-state index in [1.54, 1.807) is 14.2 Å². The number of hydrogen-bond donors (Lipinski definition) is 1. The van der Waals surface area contributed by atoms with Crippen molar-refractivity contribution in [3.8, 4) is 11.5 Å². The molecule has 0 fully saturated rings. The number of para-hydroxylation sites is 1. The average Bonchev–Trinajstić information content (AvgIpc) is 2.48. The van der Waals surface area contributed by atoms with Crippen molar-refractivity contribution < 1.29 is 9.47 Å². The molecule has 0 bridgehead atoms. The van der Waals surface area contributed by atoms with E-state index >= 15 is 0 Å². The molecule has 1 N–H and O–H groups in total. The minimum atomic E-state index is 0.644. The van der Waals surface area contributed by atoms with Crippen LogP contribution in [0.2, 0.25) is 0 Å². The summed E-state index contributed by atoms with van der Waals surface area (Å²) in [6.07, 6.45) is 1.53. The molecule has 0 aliphatic carbocycles. The summed E-state index contributed by atoms with van der Waals surface area (Å²) in [7, 11) is 3.27. The maximum Gasteiger partial charge on any atom is 0.194 e. The Morgan fingerprint density at radius 2 is 1.95 bits per heavy atom. The van der Waals surface area contributed by atoms with Gasteiger partial charge in [0.05, 0.1) is 19.1 Å². The minimum Gasteiger partial charge on any atom is -0.496 e. The molecular formula is C14H17N3O2S. The van der Waals surface area contributed by atoms with Crippen molar-refractivity contribution in [2.45, 2.75) is 16.8 Å². The first-order valence-corrected chi connectivity index (χ1v) is 7.05. The quantitative estimate of drug-likeness (QED) is 0.825. The second-order valence-corrected chi connectivity index (χ2v) is 4.87. The molecule has 0 amide bonds. The van der Waals surface area contributed by atoms with Crippen LogP contribution in [-0.4, -0.2) is 30.7 Å². The van der Waals surface area contributed by atoms with Gasteiger partial charge in [-0.1, -0.05) is 23.9 Å². The lowest BCUT2D eigenvalue weighted by Gasteiger charge is -2.12. The topological polar surface area (TPSA) is 56.3 Å². The van der Waals surface area contributed by atoms with E-state index in [0.717, 1.165) is 22.2 Å². The van der Waals surface area contributed by atoms with Crippen LogP contribution in [0, 0.1) is 0 Å². The van der Waals surface area contributed by atoms with Crippen molar-refractivity contribution >= 4 is 17.6 Å². The van der Waals surface area contributed by atoms with Crippen molar-refractivity contribution in [3.63, 3.8) is 0 Å². The average molecular weight is 291 g/mol. The summed E-state index contributed by atoms with van der Waals surface area (Å²) in [6, 6.07) is 7.80. The summed E-state index contributed by atoms with van der Waals surface area (Å²) in [4.78, 5) is 9.47. The van der Waals surface area contributed by atoms with Gasteiger partial charge in [-0.05, 0) is 19.1 Å². The fraction of sp³-hybridized carbons (Fsp3) is 0.286. The van der Waals surface area contributed by atoms with Crippen molar-refractivity contribution in [2.24, 2.45) is 0 Å². The molecule has 0 unspecified atom stereocenters. The molecule has 0 saturated heterocycles. The summed E-state index contributed by atoms with van der Waals surface area (Å²) in [6.45, 7) is 2.78. The molecule has 0 radical (unpaired) electrons. The molecule has 6 heteroatoms. The van der Waals surface area contributed by atoms with Crippen molar-refractivity contribution in [1.29, 1.82) is 0 Å². The third-order valence-electron chi connectivity index (χ3n) is 2.60. The third kappa shape index (κ3) is 3.14. The van der Waals surface area contributed by atoms with Crippen LogP contribution in [0.3, 0.4) is 0 Å². The summed E-state index contributed by atoms with van der Waals surface area (Å²) in [5, 5.41) is 3.91. The van der Waals surface area contributed by atoms with Crippen LogP contribution in [-0.2, 0) is 0 Å². The highest BCUT2D eigenvalue weighted by atomic mass is 32.2. The van der Waals surface area contributed by atoms with E-state index in [1.165, 1.54) is 18.1 Å². The second kappa shape index (κ2) is 7.00. The van der Waals surface area contributed by atoms with E-state index in [0.29, 0.717) is 11.6 Å². The van der Waals surface area contributed by atoms with Crippen LogP contribution in [0.15, 0.2) is 40.5 Å². The van der Waals surface area contributed by atoms with Gasteiger partial charge < -0.3 is 14.8 Å². The lowest BCUT2D eigenvalue weighted by Crippen LogP contribution is -2.03. The lowest BCUT2D eigenvalue weighted by molar-refractivity contribution is 0.399. The van der Waals surface area contributed by atoms with Crippen molar-refractivity contribution in [3.05, 3.63) is 30.6 Å². The summed E-state index contributed by atoms with van der Waals surface area (Å²) in [5.74, 6) is 2.15. The Kier molecular flexibility index (Phi) is 5.06. The molecule has 1 heterocycles. The largest absolute Gasteiger partial charge is 0.496 e. The predicted molar refractivity (Wildman–Crippen MR) is 79.9 cm³/mol. The number of nitrogens with one attached hydrogen (secondary N) is 1. The summed E-state index contributed by atoms with van der Waals surface area (Å²) < 4.78 is 10.8. The van der Waals surface area contributed by atoms with Crippen LogP contribution in [0.5, 0.6) is 11.5 Å². The molecule has 0 aliphatic heterocycles. The number of ether oxygens (including phenoxy) is 2. The molecule has 2 aromatic rings. The van der Waals surface area contributed by atoms with Gasteiger partial charge in [0.25, 0.3) is 0 Å². The Morgan fingerprint density at radius 1 is 1.15 bits per heavy atom. The zero-order valence-electron chi connectivity index (χ0n) is 11.7. The van der Waals surface area contributed by atoms with Gasteiger partial charge >= 0.3 is 0 Å². The first-order chi connectivity index (χ1) is 9.80. The van der Waals surface area contributed by atoms with Gasteiger partial charge in [0.1, 0.15) is 17.1 Å². The Labute approximate surface area is 122 Å². The van der Waals surface area contributed by atoms with Crippen LogP contribution >= 0.6 is 11.8 Å². The Balaban J connectivity index is 2.35. The molecular weight excluding hydrogens is 274 g/mol.